The molecule has 0 amide bonds. The molecule has 0 saturated carbocycles. The second kappa shape index (κ2) is 5.66. The predicted molar refractivity (Wildman–Crippen MR) is 92.2 cm³/mol. The van der Waals surface area contributed by atoms with Crippen molar-refractivity contribution >= 4 is 27.3 Å². The number of pyridine rings is 1. The second-order valence-electron chi connectivity index (χ2n) is 6.18. The zero-order chi connectivity index (χ0) is 17.8. The Labute approximate surface area is 146 Å². The van der Waals surface area contributed by atoms with Crippen molar-refractivity contribution in [2.24, 2.45) is 0 Å². The topological polar surface area (TPSA) is 30.0 Å². The van der Waals surface area contributed by atoms with Crippen LogP contribution in [0, 0.1) is 6.92 Å². The maximum Gasteiger partial charge on any atom is 0.454 e. The molecule has 0 aliphatic heterocycles. The number of ketones is 1. The van der Waals surface area contributed by atoms with E-state index in [-0.39, 0.29) is 11.3 Å². The van der Waals surface area contributed by atoms with Crippen molar-refractivity contribution in [1.29, 1.82) is 0 Å². The van der Waals surface area contributed by atoms with Crippen molar-refractivity contribution in [1.82, 2.24) is 4.98 Å². The third kappa shape index (κ3) is 2.56. The average Bonchev–Trinajstić information content (AvgIpc) is 3.13. The Balaban J connectivity index is 2.14. The summed E-state index contributed by atoms with van der Waals surface area (Å²) in [6, 6.07) is 8.84. The minimum absolute atomic E-state index is 0.133. The van der Waals surface area contributed by atoms with Crippen LogP contribution < -0.4 is 0 Å². The van der Waals surface area contributed by atoms with E-state index in [0.717, 1.165) is 35.0 Å². The van der Waals surface area contributed by atoms with Crippen LogP contribution in [0.25, 0.3) is 21.3 Å². The number of hydrogen-bond donors (Lipinski definition) is 0. The molecule has 0 spiro atoms. The number of aryl methyl sites for hydroxylation is 3. The number of benzene rings is 1. The first-order valence-electron chi connectivity index (χ1n) is 7.99. The molecule has 3 aromatic rings. The first kappa shape index (κ1) is 16.3. The van der Waals surface area contributed by atoms with Crippen LogP contribution in [0.15, 0.2) is 30.3 Å². The lowest BCUT2D eigenvalue weighted by Gasteiger charge is -2.15. The molecule has 0 radical (unpaired) electrons. The number of carbonyl (C=O) groups is 1. The van der Waals surface area contributed by atoms with Gasteiger partial charge in [-0.15, -0.1) is 11.3 Å². The monoisotopic (exact) mass is 361 g/mol. The van der Waals surface area contributed by atoms with Crippen LogP contribution in [0.4, 0.5) is 13.2 Å². The highest BCUT2D eigenvalue weighted by Gasteiger charge is 2.42. The van der Waals surface area contributed by atoms with Gasteiger partial charge in [0.25, 0.3) is 5.78 Å². The third-order valence-corrected chi connectivity index (χ3v) is 5.77. The minimum Gasteiger partial charge on any atom is -0.284 e. The van der Waals surface area contributed by atoms with Crippen molar-refractivity contribution in [3.05, 3.63) is 52.0 Å². The van der Waals surface area contributed by atoms with Gasteiger partial charge in [0.1, 0.15) is 4.83 Å². The van der Waals surface area contributed by atoms with Crippen LogP contribution in [0.5, 0.6) is 0 Å². The summed E-state index contributed by atoms with van der Waals surface area (Å²) in [4.78, 5) is 18.4. The first-order valence-corrected chi connectivity index (χ1v) is 8.81. The van der Waals surface area contributed by atoms with Crippen LogP contribution in [0.2, 0.25) is 0 Å². The highest BCUT2D eigenvalue weighted by molar-refractivity contribution is 7.19. The minimum atomic E-state index is -4.93. The molecule has 2 nitrogen and oxygen atoms in total. The van der Waals surface area contributed by atoms with Gasteiger partial charge in [-0.25, -0.2) is 4.98 Å². The first-order chi connectivity index (χ1) is 11.9. The molecule has 0 N–H and O–H groups in total. The Hall–Kier alpha value is -2.21. The highest BCUT2D eigenvalue weighted by Crippen LogP contribution is 2.44. The predicted octanol–water partition coefficient (Wildman–Crippen LogP) is 5.51. The van der Waals surface area contributed by atoms with E-state index >= 15 is 0 Å². The summed E-state index contributed by atoms with van der Waals surface area (Å²) in [5.41, 5.74) is 1.87. The molecule has 2 heterocycles. The molecule has 2 aromatic heterocycles. The number of thiophene rings is 1. The zero-order valence-corrected chi connectivity index (χ0v) is 14.2. The van der Waals surface area contributed by atoms with Crippen molar-refractivity contribution in [2.75, 3.05) is 0 Å². The van der Waals surface area contributed by atoms with Crippen molar-refractivity contribution in [3.63, 3.8) is 0 Å². The van der Waals surface area contributed by atoms with Crippen molar-refractivity contribution < 1.29 is 18.0 Å². The van der Waals surface area contributed by atoms with E-state index in [4.69, 9.17) is 0 Å². The number of fused-ring (bicyclic) bond motifs is 3. The zero-order valence-electron chi connectivity index (χ0n) is 13.4. The number of Topliss-reactive ketones (excluding diaryl/α,β-unsaturated/α-hetero) is 1. The van der Waals surface area contributed by atoms with Gasteiger partial charge in [0.2, 0.25) is 0 Å². The molecule has 0 unspecified atom stereocenters. The van der Waals surface area contributed by atoms with Crippen LogP contribution >= 0.6 is 11.3 Å². The van der Waals surface area contributed by atoms with Crippen LogP contribution in [-0.2, 0) is 12.8 Å². The lowest BCUT2D eigenvalue weighted by Crippen LogP contribution is -2.25. The molecule has 0 atom stereocenters. The third-order valence-electron chi connectivity index (χ3n) is 4.58. The molecule has 128 valence electrons. The SMILES string of the molecule is Cc1nc2sc3c(c2c(-c2ccccc2)c1C(=O)C(F)(F)F)CCC3. The summed E-state index contributed by atoms with van der Waals surface area (Å²) in [7, 11) is 0. The number of halogens is 3. The lowest BCUT2D eigenvalue weighted by molar-refractivity contribution is -0.0885. The van der Waals surface area contributed by atoms with E-state index in [2.05, 4.69) is 4.98 Å². The molecule has 0 fully saturated rings. The summed E-state index contributed by atoms with van der Waals surface area (Å²) < 4.78 is 39.7. The summed E-state index contributed by atoms with van der Waals surface area (Å²) in [5.74, 6) is -1.82. The van der Waals surface area contributed by atoms with Crippen molar-refractivity contribution in [2.45, 2.75) is 32.4 Å². The van der Waals surface area contributed by atoms with E-state index in [9.17, 15) is 18.0 Å². The number of rotatable bonds is 2. The van der Waals surface area contributed by atoms with E-state index in [1.165, 1.54) is 23.1 Å². The Bertz CT molecular complexity index is 990. The molecule has 0 bridgehead atoms. The number of alkyl halides is 3. The normalized spacial score (nSPS) is 14.1. The fraction of sp³-hybridized carbons (Fsp3) is 0.263. The van der Waals surface area contributed by atoms with E-state index in [0.29, 0.717) is 11.1 Å². The lowest BCUT2D eigenvalue weighted by atomic mass is 9.91. The average molecular weight is 361 g/mol. The fourth-order valence-corrected chi connectivity index (χ4v) is 4.87. The second-order valence-corrected chi connectivity index (χ2v) is 7.26. The van der Waals surface area contributed by atoms with Gasteiger partial charge >= 0.3 is 6.18 Å². The Kier molecular flexibility index (Phi) is 3.68. The number of hydrogen-bond acceptors (Lipinski definition) is 3. The summed E-state index contributed by atoms with van der Waals surface area (Å²) in [6.07, 6.45) is -2.20. The molecular formula is C19H14F3NOS. The number of nitrogens with zero attached hydrogens (tertiary/aromatic N) is 1. The maximum atomic E-state index is 13.2. The number of aromatic nitrogens is 1. The molecular weight excluding hydrogens is 347 g/mol. The van der Waals surface area contributed by atoms with Gasteiger partial charge < -0.3 is 0 Å². The van der Waals surface area contributed by atoms with Crippen LogP contribution in [0.3, 0.4) is 0 Å². The quantitative estimate of drug-likeness (QED) is 0.564. The van der Waals surface area contributed by atoms with E-state index in [1.807, 2.05) is 0 Å². The van der Waals surface area contributed by atoms with Gasteiger partial charge in [0.15, 0.2) is 0 Å². The van der Waals surface area contributed by atoms with E-state index in [1.54, 1.807) is 30.3 Å². The smallest absolute Gasteiger partial charge is 0.284 e. The van der Waals surface area contributed by atoms with Gasteiger partial charge in [0, 0.05) is 15.8 Å². The largest absolute Gasteiger partial charge is 0.454 e. The van der Waals surface area contributed by atoms with Crippen LogP contribution in [0.1, 0.15) is 32.9 Å². The molecule has 0 saturated heterocycles. The maximum absolute atomic E-state index is 13.2. The van der Waals surface area contributed by atoms with Crippen LogP contribution in [-0.4, -0.2) is 16.9 Å². The number of carbonyl (C=O) groups excluding carboxylic acids is 1. The molecule has 6 heteroatoms. The molecule has 1 aromatic carbocycles. The molecule has 4 rings (SSSR count). The Morgan fingerprint density at radius 3 is 2.56 bits per heavy atom. The Morgan fingerprint density at radius 1 is 1.16 bits per heavy atom. The summed E-state index contributed by atoms with van der Waals surface area (Å²) in [5, 5.41) is 0.724. The van der Waals surface area contributed by atoms with Gasteiger partial charge in [-0.05, 0) is 37.3 Å². The summed E-state index contributed by atoms with van der Waals surface area (Å²) >= 11 is 1.53. The fourth-order valence-electron chi connectivity index (χ4n) is 3.55. The van der Waals surface area contributed by atoms with Gasteiger partial charge in [-0.3, -0.25) is 4.79 Å². The summed E-state index contributed by atoms with van der Waals surface area (Å²) in [6.45, 7) is 1.48. The Morgan fingerprint density at radius 2 is 1.88 bits per heavy atom. The molecule has 1 aliphatic carbocycles. The molecule has 1 aliphatic rings. The van der Waals surface area contributed by atoms with Gasteiger partial charge in [-0.2, -0.15) is 13.2 Å². The standard InChI is InChI=1S/C19H14F3NOS/c1-10-14(17(24)19(20,21)22)15(11-6-3-2-4-7-11)16-12-8-5-9-13(12)25-18(16)23-10/h2-4,6-7H,5,8-9H2,1H3. The van der Waals surface area contributed by atoms with E-state index < -0.39 is 12.0 Å². The molecule has 25 heavy (non-hydrogen) atoms. The van der Waals surface area contributed by atoms with Crippen molar-refractivity contribution in [3.8, 4) is 11.1 Å². The van der Waals surface area contributed by atoms with Gasteiger partial charge in [-0.1, -0.05) is 30.3 Å². The van der Waals surface area contributed by atoms with Gasteiger partial charge in [0.05, 0.1) is 11.3 Å². The highest BCUT2D eigenvalue weighted by atomic mass is 32.1.